The fourth-order valence-electron chi connectivity index (χ4n) is 1.46. The molecular formula is C12H16ClNO2. The predicted molar refractivity (Wildman–Crippen MR) is 66.2 cm³/mol. The van der Waals surface area contributed by atoms with Crippen molar-refractivity contribution in [1.29, 1.82) is 0 Å². The third kappa shape index (κ3) is 3.74. The average molecular weight is 242 g/mol. The SMILES string of the molecule is CC(CCC(=O)O)N(C)c1ccc(Cl)cc1. The van der Waals surface area contributed by atoms with Crippen molar-refractivity contribution in [1.82, 2.24) is 0 Å². The molecule has 1 aromatic rings. The number of carboxylic acid groups (broad SMARTS) is 1. The molecule has 1 atom stereocenters. The second kappa shape index (κ2) is 5.75. The summed E-state index contributed by atoms with van der Waals surface area (Å²) in [5.41, 5.74) is 1.04. The quantitative estimate of drug-likeness (QED) is 0.862. The van der Waals surface area contributed by atoms with E-state index in [1.165, 1.54) is 0 Å². The minimum atomic E-state index is -0.753. The molecule has 0 bridgehead atoms. The van der Waals surface area contributed by atoms with E-state index in [1.807, 2.05) is 38.2 Å². The van der Waals surface area contributed by atoms with E-state index >= 15 is 0 Å². The largest absolute Gasteiger partial charge is 0.481 e. The molecule has 1 aromatic carbocycles. The van der Waals surface area contributed by atoms with Gasteiger partial charge in [0.25, 0.3) is 0 Å². The number of carbonyl (C=O) groups is 1. The molecule has 0 radical (unpaired) electrons. The summed E-state index contributed by atoms with van der Waals surface area (Å²) in [6.07, 6.45) is 0.827. The summed E-state index contributed by atoms with van der Waals surface area (Å²) in [6, 6.07) is 7.71. The number of rotatable bonds is 5. The van der Waals surface area contributed by atoms with Gasteiger partial charge < -0.3 is 10.0 Å². The van der Waals surface area contributed by atoms with Crippen molar-refractivity contribution in [2.45, 2.75) is 25.8 Å². The van der Waals surface area contributed by atoms with E-state index in [2.05, 4.69) is 4.90 Å². The molecule has 1 unspecified atom stereocenters. The van der Waals surface area contributed by atoms with Crippen molar-refractivity contribution in [2.24, 2.45) is 0 Å². The number of aliphatic carboxylic acids is 1. The van der Waals surface area contributed by atoms with Gasteiger partial charge in [0, 0.05) is 30.2 Å². The van der Waals surface area contributed by atoms with Crippen LogP contribution in [0.2, 0.25) is 5.02 Å². The Morgan fingerprint density at radius 3 is 2.50 bits per heavy atom. The Balaban J connectivity index is 2.59. The smallest absolute Gasteiger partial charge is 0.303 e. The standard InChI is InChI=1S/C12H16ClNO2/c1-9(3-8-12(15)16)14(2)11-6-4-10(13)5-7-11/h4-7,9H,3,8H2,1-2H3,(H,15,16). The van der Waals surface area contributed by atoms with Crippen LogP contribution in [0.1, 0.15) is 19.8 Å². The Kier molecular flexibility index (Phi) is 4.62. The van der Waals surface area contributed by atoms with Crippen LogP contribution in [-0.2, 0) is 4.79 Å². The van der Waals surface area contributed by atoms with Crippen LogP contribution in [0.4, 0.5) is 5.69 Å². The predicted octanol–water partition coefficient (Wildman–Crippen LogP) is 3.03. The van der Waals surface area contributed by atoms with Crippen LogP contribution in [0.3, 0.4) is 0 Å². The van der Waals surface area contributed by atoms with Gasteiger partial charge in [0.15, 0.2) is 0 Å². The summed E-state index contributed by atoms with van der Waals surface area (Å²) in [4.78, 5) is 12.5. The number of nitrogens with zero attached hydrogens (tertiary/aromatic N) is 1. The molecule has 0 aliphatic heterocycles. The van der Waals surface area contributed by atoms with E-state index in [-0.39, 0.29) is 12.5 Å². The normalized spacial score (nSPS) is 12.2. The van der Waals surface area contributed by atoms with Gasteiger partial charge in [-0.3, -0.25) is 4.79 Å². The highest BCUT2D eigenvalue weighted by atomic mass is 35.5. The number of anilines is 1. The number of hydrogen-bond acceptors (Lipinski definition) is 2. The first kappa shape index (κ1) is 12.8. The first-order valence-corrected chi connectivity index (χ1v) is 5.58. The molecule has 0 amide bonds. The lowest BCUT2D eigenvalue weighted by molar-refractivity contribution is -0.137. The lowest BCUT2D eigenvalue weighted by Crippen LogP contribution is -2.29. The molecule has 0 heterocycles. The number of carboxylic acids is 1. The summed E-state index contributed by atoms with van der Waals surface area (Å²) in [6.45, 7) is 2.01. The fraction of sp³-hybridized carbons (Fsp3) is 0.417. The van der Waals surface area contributed by atoms with Crippen LogP contribution >= 0.6 is 11.6 Å². The lowest BCUT2D eigenvalue weighted by atomic mass is 10.1. The Morgan fingerprint density at radius 1 is 1.44 bits per heavy atom. The summed E-state index contributed by atoms with van der Waals surface area (Å²) in [7, 11) is 1.95. The molecule has 4 heteroatoms. The summed E-state index contributed by atoms with van der Waals surface area (Å²) in [5, 5.41) is 9.32. The van der Waals surface area contributed by atoms with Crippen molar-refractivity contribution in [3.05, 3.63) is 29.3 Å². The van der Waals surface area contributed by atoms with E-state index < -0.39 is 5.97 Å². The topological polar surface area (TPSA) is 40.5 Å². The molecule has 0 saturated heterocycles. The number of benzene rings is 1. The average Bonchev–Trinajstić information content (AvgIpc) is 2.26. The van der Waals surface area contributed by atoms with Crippen LogP contribution in [-0.4, -0.2) is 24.2 Å². The minimum absolute atomic E-state index is 0.192. The molecule has 1 N–H and O–H groups in total. The highest BCUT2D eigenvalue weighted by Crippen LogP contribution is 2.20. The van der Waals surface area contributed by atoms with Gasteiger partial charge in [0.2, 0.25) is 0 Å². The van der Waals surface area contributed by atoms with Gasteiger partial charge in [0.1, 0.15) is 0 Å². The first-order valence-electron chi connectivity index (χ1n) is 5.21. The monoisotopic (exact) mass is 241 g/mol. The van der Waals surface area contributed by atoms with Crippen molar-refractivity contribution >= 4 is 23.3 Å². The molecule has 16 heavy (non-hydrogen) atoms. The van der Waals surface area contributed by atoms with Gasteiger partial charge in [-0.2, -0.15) is 0 Å². The zero-order valence-corrected chi connectivity index (χ0v) is 10.2. The van der Waals surface area contributed by atoms with Crippen molar-refractivity contribution in [3.63, 3.8) is 0 Å². The molecule has 0 aliphatic carbocycles. The van der Waals surface area contributed by atoms with Crippen LogP contribution in [0.5, 0.6) is 0 Å². The van der Waals surface area contributed by atoms with E-state index in [0.29, 0.717) is 11.4 Å². The molecule has 0 aromatic heterocycles. The summed E-state index contributed by atoms with van der Waals surface area (Å²) >= 11 is 5.80. The molecule has 88 valence electrons. The van der Waals surface area contributed by atoms with Gasteiger partial charge in [0.05, 0.1) is 0 Å². The maximum atomic E-state index is 10.5. The maximum absolute atomic E-state index is 10.5. The molecule has 0 spiro atoms. The van der Waals surface area contributed by atoms with Crippen molar-refractivity contribution < 1.29 is 9.90 Å². The van der Waals surface area contributed by atoms with Gasteiger partial charge in [-0.1, -0.05) is 11.6 Å². The van der Waals surface area contributed by atoms with Gasteiger partial charge in [-0.05, 0) is 37.6 Å². The third-order valence-electron chi connectivity index (χ3n) is 2.67. The van der Waals surface area contributed by atoms with Gasteiger partial charge in [-0.15, -0.1) is 0 Å². The minimum Gasteiger partial charge on any atom is -0.481 e. The van der Waals surface area contributed by atoms with Crippen molar-refractivity contribution in [2.75, 3.05) is 11.9 Å². The van der Waals surface area contributed by atoms with E-state index in [1.54, 1.807) is 0 Å². The third-order valence-corrected chi connectivity index (χ3v) is 2.92. The Morgan fingerprint density at radius 2 is 2.00 bits per heavy atom. The zero-order chi connectivity index (χ0) is 12.1. The fourth-order valence-corrected chi connectivity index (χ4v) is 1.58. The van der Waals surface area contributed by atoms with Gasteiger partial charge >= 0.3 is 5.97 Å². The molecule has 0 fully saturated rings. The zero-order valence-electron chi connectivity index (χ0n) is 9.48. The van der Waals surface area contributed by atoms with Crippen LogP contribution in [0, 0.1) is 0 Å². The number of hydrogen-bond donors (Lipinski definition) is 1. The second-order valence-corrected chi connectivity index (χ2v) is 4.31. The van der Waals surface area contributed by atoms with Gasteiger partial charge in [-0.25, -0.2) is 0 Å². The number of halogens is 1. The highest BCUT2D eigenvalue weighted by molar-refractivity contribution is 6.30. The van der Waals surface area contributed by atoms with E-state index in [9.17, 15) is 4.79 Å². The van der Waals surface area contributed by atoms with Crippen LogP contribution in [0.25, 0.3) is 0 Å². The van der Waals surface area contributed by atoms with Crippen LogP contribution in [0.15, 0.2) is 24.3 Å². The Labute approximate surface area is 101 Å². The molecule has 0 aliphatic rings. The first-order chi connectivity index (χ1) is 7.50. The van der Waals surface area contributed by atoms with Crippen LogP contribution < -0.4 is 4.90 Å². The lowest BCUT2D eigenvalue weighted by Gasteiger charge is -2.26. The van der Waals surface area contributed by atoms with E-state index in [4.69, 9.17) is 16.7 Å². The molecule has 3 nitrogen and oxygen atoms in total. The molecule has 1 rings (SSSR count). The molecule has 0 saturated carbocycles. The second-order valence-electron chi connectivity index (χ2n) is 3.87. The summed E-state index contributed by atoms with van der Waals surface area (Å²) < 4.78 is 0. The molecular weight excluding hydrogens is 226 g/mol. The maximum Gasteiger partial charge on any atom is 0.303 e. The van der Waals surface area contributed by atoms with Crippen molar-refractivity contribution in [3.8, 4) is 0 Å². The Bertz CT molecular complexity index is 351. The highest BCUT2D eigenvalue weighted by Gasteiger charge is 2.11. The summed E-state index contributed by atoms with van der Waals surface area (Å²) in [5.74, 6) is -0.753. The van der Waals surface area contributed by atoms with E-state index in [0.717, 1.165) is 5.69 Å². The Hall–Kier alpha value is -1.22.